The van der Waals surface area contributed by atoms with Crippen LogP contribution in [0.1, 0.15) is 42.2 Å². The van der Waals surface area contributed by atoms with Crippen molar-refractivity contribution >= 4 is 0 Å². The molecule has 0 fully saturated rings. The summed E-state index contributed by atoms with van der Waals surface area (Å²) in [7, 11) is 0. The van der Waals surface area contributed by atoms with Crippen LogP contribution in [-0.4, -0.2) is 14.8 Å². The van der Waals surface area contributed by atoms with Crippen molar-refractivity contribution in [1.82, 2.24) is 20.1 Å². The highest BCUT2D eigenvalue weighted by molar-refractivity contribution is 5.25. The summed E-state index contributed by atoms with van der Waals surface area (Å²) in [6.45, 7) is 6.24. The van der Waals surface area contributed by atoms with Gasteiger partial charge in [0, 0.05) is 19.5 Å². The molecule has 0 spiro atoms. The lowest BCUT2D eigenvalue weighted by Crippen LogP contribution is -2.22. The molecule has 0 saturated carbocycles. The lowest BCUT2D eigenvalue weighted by atomic mass is 10.1. The van der Waals surface area contributed by atoms with Crippen LogP contribution >= 0.6 is 0 Å². The van der Waals surface area contributed by atoms with Crippen LogP contribution < -0.4 is 5.32 Å². The third-order valence-corrected chi connectivity index (χ3v) is 3.89. The molecule has 0 radical (unpaired) electrons. The van der Waals surface area contributed by atoms with E-state index in [-0.39, 0.29) is 6.04 Å². The fourth-order valence-corrected chi connectivity index (χ4v) is 2.66. The molecular weight excluding hydrogens is 236 g/mol. The maximum atomic E-state index is 4.32. The second-order valence-corrected chi connectivity index (χ2v) is 5.26. The molecule has 2 aromatic rings. The lowest BCUT2D eigenvalue weighted by Gasteiger charge is -2.14. The first-order valence-electron chi connectivity index (χ1n) is 6.95. The van der Waals surface area contributed by atoms with E-state index in [0.717, 1.165) is 31.2 Å². The number of benzene rings is 1. The molecule has 1 atom stereocenters. The highest BCUT2D eigenvalue weighted by atomic mass is 15.3. The van der Waals surface area contributed by atoms with Crippen LogP contribution in [0.5, 0.6) is 0 Å². The van der Waals surface area contributed by atoms with Crippen LogP contribution in [0.4, 0.5) is 0 Å². The van der Waals surface area contributed by atoms with Gasteiger partial charge in [0.2, 0.25) is 0 Å². The van der Waals surface area contributed by atoms with Crippen LogP contribution in [0, 0.1) is 6.92 Å². The molecule has 100 valence electrons. The smallest absolute Gasteiger partial charge is 0.149 e. The first-order valence-corrected chi connectivity index (χ1v) is 6.95. The summed E-state index contributed by atoms with van der Waals surface area (Å²) < 4.78 is 2.26. The molecular formula is C15H20N4. The first kappa shape index (κ1) is 12.4. The van der Waals surface area contributed by atoms with E-state index >= 15 is 0 Å². The van der Waals surface area contributed by atoms with Crippen LogP contribution in [0.2, 0.25) is 0 Å². The van der Waals surface area contributed by atoms with Gasteiger partial charge in [-0.1, -0.05) is 24.3 Å². The summed E-state index contributed by atoms with van der Waals surface area (Å²) in [6, 6.07) is 8.72. The molecule has 0 amide bonds. The van der Waals surface area contributed by atoms with Gasteiger partial charge in [-0.25, -0.2) is 0 Å². The van der Waals surface area contributed by atoms with Crippen molar-refractivity contribution in [2.75, 3.05) is 0 Å². The average molecular weight is 256 g/mol. The quantitative estimate of drug-likeness (QED) is 0.913. The Balaban J connectivity index is 1.68. The van der Waals surface area contributed by atoms with Gasteiger partial charge in [-0.05, 0) is 31.4 Å². The van der Waals surface area contributed by atoms with Gasteiger partial charge >= 0.3 is 0 Å². The molecule has 0 saturated heterocycles. The van der Waals surface area contributed by atoms with Crippen LogP contribution in [0.15, 0.2) is 24.3 Å². The van der Waals surface area contributed by atoms with Crippen molar-refractivity contribution in [3.63, 3.8) is 0 Å². The van der Waals surface area contributed by atoms with Gasteiger partial charge in [0.05, 0.1) is 6.04 Å². The van der Waals surface area contributed by atoms with Crippen LogP contribution in [0.3, 0.4) is 0 Å². The number of rotatable bonds is 4. The van der Waals surface area contributed by atoms with E-state index in [1.807, 2.05) is 0 Å². The van der Waals surface area contributed by atoms with Gasteiger partial charge in [-0.2, -0.15) is 0 Å². The Morgan fingerprint density at radius 3 is 3.00 bits per heavy atom. The van der Waals surface area contributed by atoms with Gasteiger partial charge in [0.15, 0.2) is 0 Å². The van der Waals surface area contributed by atoms with Gasteiger partial charge in [-0.15, -0.1) is 10.2 Å². The highest BCUT2D eigenvalue weighted by Gasteiger charge is 2.20. The summed E-state index contributed by atoms with van der Waals surface area (Å²) >= 11 is 0. The molecule has 3 rings (SSSR count). The molecule has 2 heterocycles. The number of nitrogens with one attached hydrogen (secondary N) is 1. The SMILES string of the molecule is Cc1ccccc1CNC(C)c1nnc2n1CCC2. The molecule has 0 bridgehead atoms. The van der Waals surface area contributed by atoms with Gasteiger partial charge in [0.1, 0.15) is 11.6 Å². The predicted octanol–water partition coefficient (Wildman–Crippen LogP) is 2.38. The van der Waals surface area contributed by atoms with Crippen molar-refractivity contribution < 1.29 is 0 Å². The monoisotopic (exact) mass is 256 g/mol. The molecule has 1 aliphatic rings. The van der Waals surface area contributed by atoms with Gasteiger partial charge < -0.3 is 9.88 Å². The van der Waals surface area contributed by atoms with E-state index in [9.17, 15) is 0 Å². The maximum absolute atomic E-state index is 4.32. The summed E-state index contributed by atoms with van der Waals surface area (Å²) in [5.74, 6) is 2.21. The second kappa shape index (κ2) is 5.13. The fourth-order valence-electron chi connectivity index (χ4n) is 2.66. The van der Waals surface area contributed by atoms with Crippen molar-refractivity contribution in [3.05, 3.63) is 47.0 Å². The highest BCUT2D eigenvalue weighted by Crippen LogP contribution is 2.19. The summed E-state index contributed by atoms with van der Waals surface area (Å²) in [4.78, 5) is 0. The van der Waals surface area contributed by atoms with Crippen molar-refractivity contribution in [2.24, 2.45) is 0 Å². The minimum Gasteiger partial charge on any atom is -0.314 e. The molecule has 1 N–H and O–H groups in total. The summed E-state index contributed by atoms with van der Waals surface area (Å²) in [5, 5.41) is 12.1. The normalized spacial score (nSPS) is 15.5. The zero-order valence-corrected chi connectivity index (χ0v) is 11.6. The zero-order valence-electron chi connectivity index (χ0n) is 11.6. The summed E-state index contributed by atoms with van der Waals surface area (Å²) in [5.41, 5.74) is 2.67. The van der Waals surface area contributed by atoms with E-state index in [1.54, 1.807) is 0 Å². The van der Waals surface area contributed by atoms with Crippen molar-refractivity contribution in [3.8, 4) is 0 Å². The Hall–Kier alpha value is -1.68. The van der Waals surface area contributed by atoms with Gasteiger partial charge in [0.25, 0.3) is 0 Å². The number of hydrogen-bond acceptors (Lipinski definition) is 3. The first-order chi connectivity index (χ1) is 9.25. The zero-order chi connectivity index (χ0) is 13.2. The Labute approximate surface area is 113 Å². The Kier molecular flexibility index (Phi) is 3.34. The van der Waals surface area contributed by atoms with Crippen LogP contribution in [-0.2, 0) is 19.5 Å². The molecule has 19 heavy (non-hydrogen) atoms. The molecule has 4 heteroatoms. The second-order valence-electron chi connectivity index (χ2n) is 5.26. The fraction of sp³-hybridized carbons (Fsp3) is 0.467. The predicted molar refractivity (Wildman–Crippen MR) is 74.8 cm³/mol. The minimum atomic E-state index is 0.235. The van der Waals surface area contributed by atoms with Crippen molar-refractivity contribution in [2.45, 2.75) is 45.8 Å². The molecule has 1 aromatic heterocycles. The summed E-state index contributed by atoms with van der Waals surface area (Å²) in [6.07, 6.45) is 2.26. The number of aromatic nitrogens is 3. The van der Waals surface area contributed by atoms with E-state index in [4.69, 9.17) is 0 Å². The number of nitrogens with zero attached hydrogens (tertiary/aromatic N) is 3. The van der Waals surface area contributed by atoms with E-state index in [0.29, 0.717) is 0 Å². The average Bonchev–Trinajstić information content (AvgIpc) is 2.99. The molecule has 0 aliphatic carbocycles. The standard InChI is InChI=1S/C15H20N4/c1-11-6-3-4-7-13(11)10-16-12(2)15-18-17-14-8-5-9-19(14)15/h3-4,6-7,12,16H,5,8-10H2,1-2H3. The topological polar surface area (TPSA) is 42.7 Å². The van der Waals surface area contributed by atoms with Crippen LogP contribution in [0.25, 0.3) is 0 Å². The van der Waals surface area contributed by atoms with Crippen molar-refractivity contribution in [1.29, 1.82) is 0 Å². The molecule has 1 aliphatic heterocycles. The maximum Gasteiger partial charge on any atom is 0.149 e. The Morgan fingerprint density at radius 2 is 2.16 bits per heavy atom. The minimum absolute atomic E-state index is 0.235. The molecule has 4 nitrogen and oxygen atoms in total. The van der Waals surface area contributed by atoms with E-state index in [1.165, 1.54) is 17.5 Å². The Morgan fingerprint density at radius 1 is 1.32 bits per heavy atom. The van der Waals surface area contributed by atoms with E-state index < -0.39 is 0 Å². The van der Waals surface area contributed by atoms with Gasteiger partial charge in [-0.3, -0.25) is 0 Å². The Bertz CT molecular complexity index is 573. The lowest BCUT2D eigenvalue weighted by molar-refractivity contribution is 0.515. The third-order valence-electron chi connectivity index (χ3n) is 3.89. The third kappa shape index (κ3) is 2.40. The number of hydrogen-bond donors (Lipinski definition) is 1. The number of fused-ring (bicyclic) bond motifs is 1. The van der Waals surface area contributed by atoms with E-state index in [2.05, 4.69) is 58.2 Å². The molecule has 1 aromatic carbocycles. The number of aryl methyl sites for hydroxylation is 2. The largest absolute Gasteiger partial charge is 0.314 e. The molecule has 1 unspecified atom stereocenters.